The van der Waals surface area contributed by atoms with Crippen LogP contribution in [0.1, 0.15) is 46.5 Å². The van der Waals surface area contributed by atoms with Crippen molar-refractivity contribution in [2.45, 2.75) is 63.7 Å². The van der Waals surface area contributed by atoms with Gasteiger partial charge in [0.15, 0.2) is 0 Å². The Kier molecular flexibility index (Phi) is 4.06. The van der Waals surface area contributed by atoms with Gasteiger partial charge in [-0.15, -0.1) is 0 Å². The fourth-order valence-electron chi connectivity index (χ4n) is 2.45. The molecule has 1 saturated carbocycles. The first-order valence-electron chi connectivity index (χ1n) is 7.22. The summed E-state index contributed by atoms with van der Waals surface area (Å²) in [6.07, 6.45) is 3.43. The van der Waals surface area contributed by atoms with E-state index in [1.807, 2.05) is 20.8 Å². The summed E-state index contributed by atoms with van der Waals surface area (Å²) in [5.74, 6) is 0. The molecular weight excluding hydrogens is 244 g/mol. The minimum absolute atomic E-state index is 0.251. The Morgan fingerprint density at radius 2 is 2.16 bits per heavy atom. The molecule has 0 aromatic carbocycles. The number of hydrogen-bond donors (Lipinski definition) is 2. The minimum atomic E-state index is -0.808. The zero-order valence-electron chi connectivity index (χ0n) is 12.2. The lowest BCUT2D eigenvalue weighted by Gasteiger charge is -2.37. The molecule has 1 aliphatic heterocycles. The Morgan fingerprint density at radius 1 is 1.47 bits per heavy atom. The highest BCUT2D eigenvalue weighted by Crippen LogP contribution is 2.31. The highest BCUT2D eigenvalue weighted by molar-refractivity contribution is 5.69. The second-order valence-corrected chi connectivity index (χ2v) is 6.84. The van der Waals surface area contributed by atoms with Crippen LogP contribution in [0.15, 0.2) is 0 Å². The monoisotopic (exact) mass is 270 g/mol. The molecule has 0 aromatic heterocycles. The van der Waals surface area contributed by atoms with Gasteiger partial charge in [-0.2, -0.15) is 0 Å². The van der Waals surface area contributed by atoms with Crippen LogP contribution in [-0.4, -0.2) is 53.0 Å². The summed E-state index contributed by atoms with van der Waals surface area (Å²) < 4.78 is 5.44. The number of ether oxygens (including phenoxy) is 1. The Labute approximate surface area is 115 Å². The van der Waals surface area contributed by atoms with Crippen molar-refractivity contribution in [2.24, 2.45) is 0 Å². The summed E-state index contributed by atoms with van der Waals surface area (Å²) in [6.45, 7) is 7.48. The van der Waals surface area contributed by atoms with Gasteiger partial charge in [0.25, 0.3) is 0 Å². The molecule has 1 unspecified atom stereocenters. The molecule has 1 amide bonds. The van der Waals surface area contributed by atoms with E-state index >= 15 is 0 Å². The van der Waals surface area contributed by atoms with Gasteiger partial charge < -0.3 is 20.1 Å². The average molecular weight is 270 g/mol. The second kappa shape index (κ2) is 5.29. The van der Waals surface area contributed by atoms with Crippen molar-refractivity contribution in [3.63, 3.8) is 0 Å². The summed E-state index contributed by atoms with van der Waals surface area (Å²) in [5, 5.41) is 13.8. The molecule has 5 nitrogen and oxygen atoms in total. The van der Waals surface area contributed by atoms with Crippen molar-refractivity contribution >= 4 is 6.09 Å². The van der Waals surface area contributed by atoms with Crippen LogP contribution in [-0.2, 0) is 4.74 Å². The lowest BCUT2D eigenvalue weighted by atomic mass is 9.93. The van der Waals surface area contributed by atoms with Crippen LogP contribution in [0.4, 0.5) is 4.79 Å². The quantitative estimate of drug-likeness (QED) is 0.816. The van der Waals surface area contributed by atoms with Crippen molar-refractivity contribution in [3.8, 4) is 0 Å². The number of hydrogen-bond acceptors (Lipinski definition) is 4. The molecule has 0 radical (unpaired) electrons. The number of nitrogens with zero attached hydrogens (tertiary/aromatic N) is 1. The van der Waals surface area contributed by atoms with Gasteiger partial charge in [0.05, 0.1) is 12.1 Å². The number of piperidine rings is 1. The van der Waals surface area contributed by atoms with Crippen molar-refractivity contribution in [2.75, 3.05) is 19.6 Å². The van der Waals surface area contributed by atoms with Crippen molar-refractivity contribution < 1.29 is 14.6 Å². The third-order valence-corrected chi connectivity index (χ3v) is 3.53. The SMILES string of the molecule is CC(C)(C)OC(=O)N(CC1(O)CCCNC1)C1CC1. The number of rotatable bonds is 3. The zero-order chi connectivity index (χ0) is 14.1. The molecule has 1 atom stereocenters. The lowest BCUT2D eigenvalue weighted by molar-refractivity contribution is -0.0312. The topological polar surface area (TPSA) is 61.8 Å². The van der Waals surface area contributed by atoms with E-state index in [1.165, 1.54) is 0 Å². The number of carbonyl (C=O) groups is 1. The standard InChI is InChI=1S/C14H26N2O3/c1-13(2,3)19-12(17)16(11-5-6-11)10-14(18)7-4-8-15-9-14/h11,15,18H,4-10H2,1-3H3. The third-order valence-electron chi connectivity index (χ3n) is 3.53. The van der Waals surface area contributed by atoms with E-state index in [1.54, 1.807) is 4.90 Å². The van der Waals surface area contributed by atoms with Crippen LogP contribution in [0.5, 0.6) is 0 Å². The number of carbonyl (C=O) groups excluding carboxylic acids is 1. The van der Waals surface area contributed by atoms with Crippen LogP contribution in [0.3, 0.4) is 0 Å². The van der Waals surface area contributed by atoms with Crippen molar-refractivity contribution in [1.82, 2.24) is 10.2 Å². The second-order valence-electron chi connectivity index (χ2n) is 6.84. The predicted molar refractivity (Wildman–Crippen MR) is 73.0 cm³/mol. The molecule has 2 aliphatic rings. The predicted octanol–water partition coefficient (Wildman–Crippen LogP) is 1.50. The highest BCUT2D eigenvalue weighted by atomic mass is 16.6. The smallest absolute Gasteiger partial charge is 0.410 e. The molecule has 1 heterocycles. The van der Waals surface area contributed by atoms with E-state index in [0.717, 1.165) is 32.2 Å². The highest BCUT2D eigenvalue weighted by Gasteiger charge is 2.41. The van der Waals surface area contributed by atoms with Crippen LogP contribution in [0.2, 0.25) is 0 Å². The summed E-state index contributed by atoms with van der Waals surface area (Å²) in [7, 11) is 0. The van der Waals surface area contributed by atoms with Crippen LogP contribution in [0, 0.1) is 0 Å². The number of β-amino-alcohol motifs (C(OH)–C–C–N with tert-alkyl or cyclic N) is 1. The van der Waals surface area contributed by atoms with Gasteiger partial charge in [-0.05, 0) is 53.0 Å². The zero-order valence-corrected chi connectivity index (χ0v) is 12.2. The maximum absolute atomic E-state index is 12.2. The van der Waals surface area contributed by atoms with Crippen molar-refractivity contribution in [1.29, 1.82) is 0 Å². The molecule has 1 saturated heterocycles. The summed E-state index contributed by atoms with van der Waals surface area (Å²) in [5.41, 5.74) is -1.30. The Balaban J connectivity index is 1.98. The largest absolute Gasteiger partial charge is 0.444 e. The maximum Gasteiger partial charge on any atom is 0.410 e. The molecule has 5 heteroatoms. The summed E-state index contributed by atoms with van der Waals surface area (Å²) >= 11 is 0. The number of nitrogens with one attached hydrogen (secondary N) is 1. The van der Waals surface area contributed by atoms with Crippen LogP contribution in [0.25, 0.3) is 0 Å². The molecule has 2 fully saturated rings. The minimum Gasteiger partial charge on any atom is -0.444 e. The van der Waals surface area contributed by atoms with E-state index in [0.29, 0.717) is 13.1 Å². The molecule has 0 aromatic rings. The van der Waals surface area contributed by atoms with Crippen LogP contribution < -0.4 is 5.32 Å². The Morgan fingerprint density at radius 3 is 2.63 bits per heavy atom. The molecule has 2 rings (SSSR count). The van der Waals surface area contributed by atoms with Crippen molar-refractivity contribution in [3.05, 3.63) is 0 Å². The fraction of sp³-hybridized carbons (Fsp3) is 0.929. The summed E-state index contributed by atoms with van der Waals surface area (Å²) in [4.78, 5) is 13.9. The van der Waals surface area contributed by atoms with E-state index < -0.39 is 11.2 Å². The van der Waals surface area contributed by atoms with Gasteiger partial charge in [-0.25, -0.2) is 4.79 Å². The Hall–Kier alpha value is -0.810. The lowest BCUT2D eigenvalue weighted by Crippen LogP contribution is -2.55. The first-order chi connectivity index (χ1) is 8.79. The first-order valence-corrected chi connectivity index (χ1v) is 7.22. The molecule has 0 bridgehead atoms. The first kappa shape index (κ1) is 14.6. The van der Waals surface area contributed by atoms with Gasteiger partial charge in [-0.1, -0.05) is 0 Å². The van der Waals surface area contributed by atoms with E-state index in [9.17, 15) is 9.90 Å². The van der Waals surface area contributed by atoms with Crippen LogP contribution >= 0.6 is 0 Å². The van der Waals surface area contributed by atoms with Gasteiger partial charge >= 0.3 is 6.09 Å². The summed E-state index contributed by atoms with van der Waals surface area (Å²) in [6, 6.07) is 0.251. The number of amides is 1. The van der Waals surface area contributed by atoms with Gasteiger partial charge in [0.1, 0.15) is 5.60 Å². The van der Waals surface area contributed by atoms with E-state index in [-0.39, 0.29) is 12.1 Å². The normalized spacial score (nSPS) is 28.0. The average Bonchev–Trinajstić information content (AvgIpc) is 3.08. The van der Waals surface area contributed by atoms with Gasteiger partial charge in [-0.3, -0.25) is 0 Å². The van der Waals surface area contributed by atoms with Gasteiger partial charge in [0.2, 0.25) is 0 Å². The van der Waals surface area contributed by atoms with E-state index in [2.05, 4.69) is 5.32 Å². The third kappa shape index (κ3) is 4.35. The maximum atomic E-state index is 12.2. The molecule has 2 N–H and O–H groups in total. The Bertz CT molecular complexity index is 328. The fourth-order valence-corrected chi connectivity index (χ4v) is 2.45. The number of aliphatic hydroxyl groups is 1. The molecule has 1 aliphatic carbocycles. The molecule has 0 spiro atoms. The van der Waals surface area contributed by atoms with E-state index in [4.69, 9.17) is 4.74 Å². The van der Waals surface area contributed by atoms with Gasteiger partial charge in [0, 0.05) is 12.6 Å². The molecule has 110 valence electrons. The molecule has 19 heavy (non-hydrogen) atoms. The molecular formula is C14H26N2O3.